The molecule has 0 unspecified atom stereocenters. The Hall–Kier alpha value is -4.51. The van der Waals surface area contributed by atoms with Crippen LogP contribution >= 0.6 is 0 Å². The average molecular weight is 397 g/mol. The van der Waals surface area contributed by atoms with Crippen LogP contribution in [0.5, 0.6) is 11.5 Å². The highest BCUT2D eigenvalue weighted by Gasteiger charge is 2.36. The SMILES string of the molecule is COc1ccc(O)c(-c2c3n(c4nc(N)c(C#N)c(N)c24)C(=O)c2ccccc2-3)c1. The lowest BCUT2D eigenvalue weighted by Crippen LogP contribution is -2.09. The monoisotopic (exact) mass is 397 g/mol. The number of anilines is 2. The molecule has 0 radical (unpaired) electrons. The van der Waals surface area contributed by atoms with Crippen molar-refractivity contribution in [1.82, 2.24) is 9.55 Å². The number of nitrogen functional groups attached to an aromatic ring is 2. The summed E-state index contributed by atoms with van der Waals surface area (Å²) in [7, 11) is 1.52. The maximum atomic E-state index is 13.2. The molecule has 0 spiro atoms. The van der Waals surface area contributed by atoms with Gasteiger partial charge in [0.25, 0.3) is 5.91 Å². The van der Waals surface area contributed by atoms with Gasteiger partial charge in [0.05, 0.1) is 23.9 Å². The number of rotatable bonds is 2. The maximum absolute atomic E-state index is 13.2. The number of nitriles is 1. The van der Waals surface area contributed by atoms with Crippen LogP contribution < -0.4 is 16.2 Å². The zero-order chi connectivity index (χ0) is 21.2. The molecule has 8 heteroatoms. The van der Waals surface area contributed by atoms with Crippen LogP contribution in [0.15, 0.2) is 42.5 Å². The Bertz CT molecular complexity index is 1450. The van der Waals surface area contributed by atoms with Crippen LogP contribution in [0.1, 0.15) is 15.9 Å². The number of aromatic nitrogens is 2. The highest BCUT2D eigenvalue weighted by atomic mass is 16.5. The minimum Gasteiger partial charge on any atom is -0.507 e. The largest absolute Gasteiger partial charge is 0.507 e. The van der Waals surface area contributed by atoms with Gasteiger partial charge in [0.2, 0.25) is 0 Å². The molecule has 3 heterocycles. The fourth-order valence-electron chi connectivity index (χ4n) is 4.03. The predicted octanol–water partition coefficient (Wildman–Crippen LogP) is 3.12. The van der Waals surface area contributed by atoms with Gasteiger partial charge in [-0.2, -0.15) is 5.26 Å². The summed E-state index contributed by atoms with van der Waals surface area (Å²) in [5.41, 5.74) is 15.2. The van der Waals surface area contributed by atoms with Crippen molar-refractivity contribution in [1.29, 1.82) is 5.26 Å². The minimum absolute atomic E-state index is 0.0242. The summed E-state index contributed by atoms with van der Waals surface area (Å²) in [6, 6.07) is 13.9. The zero-order valence-corrected chi connectivity index (χ0v) is 15.8. The molecule has 5 N–H and O–H groups in total. The number of benzene rings is 2. The van der Waals surface area contributed by atoms with Crippen molar-refractivity contribution in [2.75, 3.05) is 18.6 Å². The van der Waals surface area contributed by atoms with Gasteiger partial charge in [-0.3, -0.25) is 9.36 Å². The van der Waals surface area contributed by atoms with E-state index in [-0.39, 0.29) is 34.4 Å². The average Bonchev–Trinajstić information content (AvgIpc) is 3.23. The first kappa shape index (κ1) is 17.6. The van der Waals surface area contributed by atoms with Crippen molar-refractivity contribution >= 4 is 28.4 Å². The summed E-state index contributed by atoms with van der Waals surface area (Å²) in [5.74, 6) is 0.136. The second kappa shape index (κ2) is 5.99. The van der Waals surface area contributed by atoms with Gasteiger partial charge in [0.1, 0.15) is 28.9 Å². The molecule has 5 rings (SSSR count). The molecule has 8 nitrogen and oxygen atoms in total. The summed E-state index contributed by atoms with van der Waals surface area (Å²) in [6.45, 7) is 0. The van der Waals surface area contributed by atoms with Crippen LogP contribution in [0.3, 0.4) is 0 Å². The molecule has 1 aliphatic rings. The fourth-order valence-corrected chi connectivity index (χ4v) is 4.03. The number of carbonyl (C=O) groups is 1. The number of phenolic OH excluding ortho intramolecular Hbond substituents is 1. The predicted molar refractivity (Wildman–Crippen MR) is 112 cm³/mol. The molecule has 146 valence electrons. The first-order valence-corrected chi connectivity index (χ1v) is 9.02. The Labute approximate surface area is 170 Å². The van der Waals surface area contributed by atoms with Gasteiger partial charge in [-0.05, 0) is 24.3 Å². The van der Waals surface area contributed by atoms with Crippen LogP contribution in [0.2, 0.25) is 0 Å². The van der Waals surface area contributed by atoms with Gasteiger partial charge < -0.3 is 21.3 Å². The molecule has 1 aliphatic heterocycles. The van der Waals surface area contributed by atoms with Crippen LogP contribution in [0.25, 0.3) is 33.4 Å². The lowest BCUT2D eigenvalue weighted by Gasteiger charge is -2.11. The van der Waals surface area contributed by atoms with Gasteiger partial charge in [-0.1, -0.05) is 18.2 Å². The number of fused-ring (bicyclic) bond motifs is 5. The van der Waals surface area contributed by atoms with E-state index < -0.39 is 0 Å². The zero-order valence-electron chi connectivity index (χ0n) is 15.8. The van der Waals surface area contributed by atoms with Crippen molar-refractivity contribution < 1.29 is 14.6 Å². The third-order valence-corrected chi connectivity index (χ3v) is 5.37. The third kappa shape index (κ3) is 2.08. The van der Waals surface area contributed by atoms with Gasteiger partial charge in [0, 0.05) is 22.3 Å². The number of hydrogen-bond donors (Lipinski definition) is 3. The molecule has 0 fully saturated rings. The molecule has 30 heavy (non-hydrogen) atoms. The van der Waals surface area contributed by atoms with Crippen molar-refractivity contribution in [2.45, 2.75) is 0 Å². The van der Waals surface area contributed by atoms with E-state index in [9.17, 15) is 15.2 Å². The third-order valence-electron chi connectivity index (χ3n) is 5.37. The van der Waals surface area contributed by atoms with Crippen LogP contribution in [-0.2, 0) is 0 Å². The number of nitrogens with two attached hydrogens (primary N) is 2. The number of methoxy groups -OCH3 is 1. The van der Waals surface area contributed by atoms with E-state index in [4.69, 9.17) is 16.2 Å². The smallest absolute Gasteiger partial charge is 0.264 e. The van der Waals surface area contributed by atoms with E-state index in [2.05, 4.69) is 4.98 Å². The molecule has 0 aliphatic carbocycles. The molecular formula is C22H15N5O3. The second-order valence-electron chi connectivity index (χ2n) is 6.89. The van der Waals surface area contributed by atoms with Crippen molar-refractivity contribution in [3.05, 3.63) is 53.6 Å². The Morgan fingerprint density at radius 1 is 1.13 bits per heavy atom. The fraction of sp³-hybridized carbons (Fsp3) is 0.0455. The molecule has 0 bridgehead atoms. The first-order valence-electron chi connectivity index (χ1n) is 9.02. The first-order chi connectivity index (χ1) is 14.5. The van der Waals surface area contributed by atoms with Gasteiger partial charge in [-0.15, -0.1) is 0 Å². The molecule has 2 aromatic heterocycles. The molecule has 2 aromatic carbocycles. The number of hydrogen-bond acceptors (Lipinski definition) is 7. The topological polar surface area (TPSA) is 140 Å². The van der Waals surface area contributed by atoms with Crippen molar-refractivity contribution in [3.8, 4) is 40.0 Å². The van der Waals surface area contributed by atoms with E-state index in [0.717, 1.165) is 0 Å². The molecule has 0 amide bonds. The standard InChI is InChI=1S/C22H15N5O3/c1-30-10-6-7-15(28)13(8-10)16-17-18(24)14(9-23)20(25)26-21(17)27-19(16)11-4-2-3-5-12(11)22(27)29/h2-8,28H,1H3,(H4,24,25,26). The van der Waals surface area contributed by atoms with E-state index >= 15 is 0 Å². The number of pyridine rings is 1. The number of ether oxygens (including phenoxy) is 1. The van der Waals surface area contributed by atoms with E-state index in [1.165, 1.54) is 17.7 Å². The Balaban J connectivity index is 2.04. The normalized spacial score (nSPS) is 11.9. The molecule has 0 saturated heterocycles. The Kier molecular flexibility index (Phi) is 3.51. The maximum Gasteiger partial charge on any atom is 0.264 e. The summed E-state index contributed by atoms with van der Waals surface area (Å²) in [6.07, 6.45) is 0. The lowest BCUT2D eigenvalue weighted by molar-refractivity contribution is 0.0973. The highest BCUT2D eigenvalue weighted by molar-refractivity contribution is 6.22. The summed E-state index contributed by atoms with van der Waals surface area (Å²) >= 11 is 0. The summed E-state index contributed by atoms with van der Waals surface area (Å²) in [4.78, 5) is 17.6. The number of carbonyl (C=O) groups excluding carboxylic acids is 1. The number of aromatic hydroxyl groups is 1. The molecule has 0 atom stereocenters. The van der Waals surface area contributed by atoms with Gasteiger partial charge in [-0.25, -0.2) is 4.98 Å². The van der Waals surface area contributed by atoms with Crippen molar-refractivity contribution in [3.63, 3.8) is 0 Å². The van der Waals surface area contributed by atoms with E-state index in [0.29, 0.717) is 39.1 Å². The van der Waals surface area contributed by atoms with Gasteiger partial charge in [0.15, 0.2) is 5.65 Å². The van der Waals surface area contributed by atoms with Gasteiger partial charge >= 0.3 is 0 Å². The molecule has 0 saturated carbocycles. The number of nitrogens with zero attached hydrogens (tertiary/aromatic N) is 3. The Morgan fingerprint density at radius 3 is 2.57 bits per heavy atom. The summed E-state index contributed by atoms with van der Waals surface area (Å²) in [5, 5.41) is 20.6. The second-order valence-corrected chi connectivity index (χ2v) is 6.89. The minimum atomic E-state index is -0.282. The highest BCUT2D eigenvalue weighted by Crippen LogP contribution is 2.50. The van der Waals surface area contributed by atoms with E-state index in [1.54, 1.807) is 24.3 Å². The number of phenols is 1. The summed E-state index contributed by atoms with van der Waals surface area (Å²) < 4.78 is 6.75. The molecule has 4 aromatic rings. The quantitative estimate of drug-likeness (QED) is 0.416. The lowest BCUT2D eigenvalue weighted by atomic mass is 9.95. The van der Waals surface area contributed by atoms with Crippen molar-refractivity contribution in [2.24, 2.45) is 0 Å². The Morgan fingerprint density at radius 2 is 1.87 bits per heavy atom. The van der Waals surface area contributed by atoms with Crippen LogP contribution in [-0.4, -0.2) is 27.7 Å². The van der Waals surface area contributed by atoms with Crippen LogP contribution in [0.4, 0.5) is 11.5 Å². The van der Waals surface area contributed by atoms with E-state index in [1.807, 2.05) is 18.2 Å². The van der Waals surface area contributed by atoms with Crippen LogP contribution in [0, 0.1) is 11.3 Å². The molecular weight excluding hydrogens is 382 g/mol.